The molecule has 4 nitrogen and oxygen atoms in total. The zero-order chi connectivity index (χ0) is 15.8. The molecular formula is C18H21NO3. The summed E-state index contributed by atoms with van der Waals surface area (Å²) in [6.45, 7) is 3.50. The smallest absolute Gasteiger partial charge is 0.251 e. The molecule has 116 valence electrons. The number of methoxy groups -OCH3 is 1. The highest BCUT2D eigenvalue weighted by Gasteiger charge is 2.05. The van der Waals surface area contributed by atoms with Gasteiger partial charge in [-0.25, -0.2) is 0 Å². The molecule has 1 N–H and O–H groups in total. The molecule has 0 radical (unpaired) electrons. The largest absolute Gasteiger partial charge is 0.491 e. The number of carbonyl (C=O) groups is 1. The van der Waals surface area contributed by atoms with E-state index in [4.69, 9.17) is 9.47 Å². The van der Waals surface area contributed by atoms with Gasteiger partial charge in [-0.1, -0.05) is 29.8 Å². The summed E-state index contributed by atoms with van der Waals surface area (Å²) in [6.07, 6.45) is 0. The summed E-state index contributed by atoms with van der Waals surface area (Å²) in [4.78, 5) is 12.1. The first-order chi connectivity index (χ1) is 10.7. The van der Waals surface area contributed by atoms with Crippen LogP contribution in [0.15, 0.2) is 48.5 Å². The third kappa shape index (κ3) is 4.90. The highest BCUT2D eigenvalue weighted by molar-refractivity contribution is 5.94. The molecule has 0 heterocycles. The van der Waals surface area contributed by atoms with Gasteiger partial charge in [-0.05, 0) is 36.8 Å². The lowest BCUT2D eigenvalue weighted by atomic mass is 10.1. The molecule has 22 heavy (non-hydrogen) atoms. The average molecular weight is 299 g/mol. The number of amides is 1. The summed E-state index contributed by atoms with van der Waals surface area (Å²) in [5.41, 5.74) is 2.74. The van der Waals surface area contributed by atoms with Gasteiger partial charge in [0, 0.05) is 19.2 Å². The number of aryl methyl sites for hydroxylation is 1. The van der Waals surface area contributed by atoms with E-state index in [1.54, 1.807) is 7.11 Å². The van der Waals surface area contributed by atoms with E-state index in [1.165, 1.54) is 0 Å². The topological polar surface area (TPSA) is 47.6 Å². The second kappa shape index (κ2) is 8.20. The summed E-state index contributed by atoms with van der Waals surface area (Å²) >= 11 is 0. The molecule has 0 spiro atoms. The number of ether oxygens (including phenoxy) is 2. The fourth-order valence-corrected chi connectivity index (χ4v) is 2.06. The molecule has 0 fully saturated rings. The Balaban J connectivity index is 1.91. The first kappa shape index (κ1) is 16.0. The van der Waals surface area contributed by atoms with E-state index in [0.29, 0.717) is 25.3 Å². The van der Waals surface area contributed by atoms with Crippen LogP contribution in [0.4, 0.5) is 0 Å². The molecule has 0 aliphatic heterocycles. The van der Waals surface area contributed by atoms with E-state index in [2.05, 4.69) is 5.32 Å². The van der Waals surface area contributed by atoms with Crippen LogP contribution in [-0.2, 0) is 11.3 Å². The second-order valence-corrected chi connectivity index (χ2v) is 5.04. The number of rotatable bonds is 7. The van der Waals surface area contributed by atoms with Crippen LogP contribution < -0.4 is 10.1 Å². The lowest BCUT2D eigenvalue weighted by molar-refractivity contribution is 0.0950. The van der Waals surface area contributed by atoms with Gasteiger partial charge in [0.05, 0.1) is 6.61 Å². The predicted molar refractivity (Wildman–Crippen MR) is 86.2 cm³/mol. The van der Waals surface area contributed by atoms with E-state index in [9.17, 15) is 4.79 Å². The Morgan fingerprint density at radius 2 is 1.91 bits per heavy atom. The van der Waals surface area contributed by atoms with Crippen LogP contribution in [0, 0.1) is 6.92 Å². The number of benzene rings is 2. The van der Waals surface area contributed by atoms with Crippen LogP contribution in [0.3, 0.4) is 0 Å². The standard InChI is InChI=1S/C18H21NO3/c1-14-5-3-7-16(11-14)18(20)19-13-15-6-4-8-17(12-15)22-10-9-21-2/h3-8,11-12H,9-10,13H2,1-2H3,(H,19,20). The average Bonchev–Trinajstić information content (AvgIpc) is 2.53. The molecule has 4 heteroatoms. The van der Waals surface area contributed by atoms with Crippen LogP contribution in [-0.4, -0.2) is 26.2 Å². The number of hydrogen-bond acceptors (Lipinski definition) is 3. The van der Waals surface area contributed by atoms with E-state index in [0.717, 1.165) is 16.9 Å². The van der Waals surface area contributed by atoms with Gasteiger partial charge < -0.3 is 14.8 Å². The van der Waals surface area contributed by atoms with Gasteiger partial charge in [-0.15, -0.1) is 0 Å². The van der Waals surface area contributed by atoms with Crippen molar-refractivity contribution >= 4 is 5.91 Å². The van der Waals surface area contributed by atoms with E-state index in [1.807, 2.05) is 55.5 Å². The minimum Gasteiger partial charge on any atom is -0.491 e. The van der Waals surface area contributed by atoms with Gasteiger partial charge in [0.25, 0.3) is 5.91 Å². The van der Waals surface area contributed by atoms with E-state index in [-0.39, 0.29) is 5.91 Å². The van der Waals surface area contributed by atoms with Gasteiger partial charge in [0.1, 0.15) is 12.4 Å². The predicted octanol–water partition coefficient (Wildman–Crippen LogP) is 2.95. The van der Waals surface area contributed by atoms with Gasteiger partial charge in [-0.2, -0.15) is 0 Å². The maximum atomic E-state index is 12.1. The minimum atomic E-state index is -0.0746. The highest BCUT2D eigenvalue weighted by Crippen LogP contribution is 2.13. The molecule has 0 saturated carbocycles. The molecule has 0 aliphatic rings. The highest BCUT2D eigenvalue weighted by atomic mass is 16.5. The van der Waals surface area contributed by atoms with Crippen LogP contribution in [0.1, 0.15) is 21.5 Å². The summed E-state index contributed by atoms with van der Waals surface area (Å²) in [6, 6.07) is 15.2. The SMILES string of the molecule is COCCOc1cccc(CNC(=O)c2cccc(C)c2)c1. The first-order valence-corrected chi connectivity index (χ1v) is 7.24. The van der Waals surface area contributed by atoms with Crippen molar-refractivity contribution in [2.45, 2.75) is 13.5 Å². The molecule has 1 amide bonds. The molecule has 2 rings (SSSR count). The zero-order valence-corrected chi connectivity index (χ0v) is 13.0. The van der Waals surface area contributed by atoms with Gasteiger partial charge in [0.15, 0.2) is 0 Å². The fraction of sp³-hybridized carbons (Fsp3) is 0.278. The van der Waals surface area contributed by atoms with Crippen molar-refractivity contribution in [2.75, 3.05) is 20.3 Å². The summed E-state index contributed by atoms with van der Waals surface area (Å²) < 4.78 is 10.5. The number of carbonyl (C=O) groups excluding carboxylic acids is 1. The van der Waals surface area contributed by atoms with Crippen LogP contribution >= 0.6 is 0 Å². The van der Waals surface area contributed by atoms with Crippen molar-refractivity contribution in [3.8, 4) is 5.75 Å². The molecule has 0 atom stereocenters. The summed E-state index contributed by atoms with van der Waals surface area (Å²) in [7, 11) is 1.64. The lowest BCUT2D eigenvalue weighted by Gasteiger charge is -2.09. The first-order valence-electron chi connectivity index (χ1n) is 7.24. The van der Waals surface area contributed by atoms with Crippen LogP contribution in [0.25, 0.3) is 0 Å². The molecule has 0 bridgehead atoms. The van der Waals surface area contributed by atoms with Crippen LogP contribution in [0.5, 0.6) is 5.75 Å². The molecule has 0 aromatic heterocycles. The molecule has 2 aromatic rings. The molecule has 0 unspecified atom stereocenters. The van der Waals surface area contributed by atoms with Gasteiger partial charge >= 0.3 is 0 Å². The Labute approximate surface area is 131 Å². The fourth-order valence-electron chi connectivity index (χ4n) is 2.06. The second-order valence-electron chi connectivity index (χ2n) is 5.04. The Hall–Kier alpha value is -2.33. The normalized spacial score (nSPS) is 10.3. The van der Waals surface area contributed by atoms with Crippen molar-refractivity contribution in [3.05, 3.63) is 65.2 Å². The van der Waals surface area contributed by atoms with Crippen LogP contribution in [0.2, 0.25) is 0 Å². The summed E-state index contributed by atoms with van der Waals surface area (Å²) in [5, 5.41) is 2.92. The number of hydrogen-bond donors (Lipinski definition) is 1. The molecule has 0 saturated heterocycles. The van der Waals surface area contributed by atoms with E-state index < -0.39 is 0 Å². The summed E-state index contributed by atoms with van der Waals surface area (Å²) in [5.74, 6) is 0.703. The third-order valence-electron chi connectivity index (χ3n) is 3.19. The quantitative estimate of drug-likeness (QED) is 0.800. The van der Waals surface area contributed by atoms with Crippen molar-refractivity contribution in [1.82, 2.24) is 5.32 Å². The zero-order valence-electron chi connectivity index (χ0n) is 13.0. The molecule has 0 aliphatic carbocycles. The maximum Gasteiger partial charge on any atom is 0.251 e. The Morgan fingerprint density at radius 3 is 2.68 bits per heavy atom. The third-order valence-corrected chi connectivity index (χ3v) is 3.19. The maximum absolute atomic E-state index is 12.1. The lowest BCUT2D eigenvalue weighted by Crippen LogP contribution is -2.22. The van der Waals surface area contributed by atoms with Gasteiger partial charge in [0.2, 0.25) is 0 Å². The van der Waals surface area contributed by atoms with Crippen molar-refractivity contribution < 1.29 is 14.3 Å². The Morgan fingerprint density at radius 1 is 1.09 bits per heavy atom. The molecule has 2 aromatic carbocycles. The number of nitrogens with one attached hydrogen (secondary N) is 1. The van der Waals surface area contributed by atoms with Crippen molar-refractivity contribution in [3.63, 3.8) is 0 Å². The van der Waals surface area contributed by atoms with E-state index >= 15 is 0 Å². The Kier molecular flexibility index (Phi) is 5.98. The van der Waals surface area contributed by atoms with Gasteiger partial charge in [-0.3, -0.25) is 4.79 Å². The molecular weight excluding hydrogens is 278 g/mol. The van der Waals surface area contributed by atoms with Crippen molar-refractivity contribution in [2.24, 2.45) is 0 Å². The minimum absolute atomic E-state index is 0.0746. The monoisotopic (exact) mass is 299 g/mol. The van der Waals surface area contributed by atoms with Crippen molar-refractivity contribution in [1.29, 1.82) is 0 Å². The Bertz CT molecular complexity index is 625.